The molecule has 1 amide bonds. The van der Waals surface area contributed by atoms with Crippen molar-refractivity contribution < 1.29 is 19.6 Å². The lowest BCUT2D eigenvalue weighted by atomic mass is 10.0. The third kappa shape index (κ3) is 3.77. The summed E-state index contributed by atoms with van der Waals surface area (Å²) in [5.74, 6) is -1.95. The number of hydrogen-bond donors (Lipinski definition) is 2. The van der Waals surface area contributed by atoms with Crippen LogP contribution in [0, 0.1) is 23.0 Å². The van der Waals surface area contributed by atoms with Crippen molar-refractivity contribution in [3.63, 3.8) is 0 Å². The number of aromatic nitrogens is 2. The number of nitrogens with one attached hydrogen (secondary N) is 1. The molecule has 0 radical (unpaired) electrons. The average molecular weight is 298 g/mol. The van der Waals surface area contributed by atoms with Gasteiger partial charge in [-0.1, -0.05) is 13.8 Å². The van der Waals surface area contributed by atoms with E-state index in [1.54, 1.807) is 0 Å². The van der Waals surface area contributed by atoms with Gasteiger partial charge in [0.1, 0.15) is 11.7 Å². The van der Waals surface area contributed by atoms with E-state index >= 15 is 0 Å². The van der Waals surface area contributed by atoms with E-state index in [9.17, 15) is 19.7 Å². The lowest BCUT2D eigenvalue weighted by Crippen LogP contribution is -2.42. The fourth-order valence-electron chi connectivity index (χ4n) is 2.04. The van der Waals surface area contributed by atoms with Crippen LogP contribution in [0.15, 0.2) is 0 Å². The smallest absolute Gasteiger partial charge is 0.326 e. The second kappa shape index (κ2) is 6.33. The van der Waals surface area contributed by atoms with Crippen LogP contribution in [0.25, 0.3) is 0 Å². The lowest BCUT2D eigenvalue weighted by molar-refractivity contribution is -0.385. The molecule has 1 unspecified atom stereocenters. The van der Waals surface area contributed by atoms with Gasteiger partial charge in [0.05, 0.1) is 4.92 Å². The van der Waals surface area contributed by atoms with Gasteiger partial charge in [-0.05, 0) is 19.3 Å². The number of rotatable bonds is 6. The highest BCUT2D eigenvalue weighted by atomic mass is 16.6. The molecule has 1 rings (SSSR count). The van der Waals surface area contributed by atoms with Gasteiger partial charge in [0, 0.05) is 7.05 Å². The number of carboxylic acids is 1. The standard InChI is InChI=1S/C12H18N4O5/c1-6(2)5-8(12(18)19)13-11(17)10-9(16(20)21)7(3)14-15(10)4/h6,8H,5H2,1-4H3,(H,13,17)(H,18,19). The number of nitro groups is 1. The molecule has 1 aromatic heterocycles. The number of aliphatic carboxylic acids is 1. The summed E-state index contributed by atoms with van der Waals surface area (Å²) in [6.07, 6.45) is 0.228. The van der Waals surface area contributed by atoms with E-state index in [1.807, 2.05) is 13.8 Å². The van der Waals surface area contributed by atoms with Crippen LogP contribution in [0.5, 0.6) is 0 Å². The molecule has 1 atom stereocenters. The predicted molar refractivity (Wildman–Crippen MR) is 72.9 cm³/mol. The SMILES string of the molecule is Cc1nn(C)c(C(=O)NC(CC(C)C)C(=O)O)c1[N+](=O)[O-]. The van der Waals surface area contributed by atoms with E-state index < -0.39 is 28.5 Å². The molecule has 21 heavy (non-hydrogen) atoms. The Bertz CT molecular complexity index is 578. The molecule has 0 bridgehead atoms. The van der Waals surface area contributed by atoms with E-state index in [0.29, 0.717) is 0 Å². The Morgan fingerprint density at radius 2 is 2.05 bits per heavy atom. The summed E-state index contributed by atoms with van der Waals surface area (Å²) in [4.78, 5) is 33.6. The van der Waals surface area contributed by atoms with Gasteiger partial charge in [-0.2, -0.15) is 5.10 Å². The predicted octanol–water partition coefficient (Wildman–Crippen LogP) is 0.866. The number of carbonyl (C=O) groups excluding carboxylic acids is 1. The van der Waals surface area contributed by atoms with Crippen LogP contribution in [0.4, 0.5) is 5.69 Å². The maximum absolute atomic E-state index is 12.2. The van der Waals surface area contributed by atoms with Gasteiger partial charge in [0.2, 0.25) is 5.69 Å². The first-order chi connectivity index (χ1) is 9.65. The number of aryl methyl sites for hydroxylation is 2. The molecule has 1 aromatic rings. The van der Waals surface area contributed by atoms with Crippen molar-refractivity contribution in [2.45, 2.75) is 33.2 Å². The van der Waals surface area contributed by atoms with Crippen molar-refractivity contribution in [3.05, 3.63) is 21.5 Å². The summed E-state index contributed by atoms with van der Waals surface area (Å²) >= 11 is 0. The fraction of sp³-hybridized carbons (Fsp3) is 0.583. The van der Waals surface area contributed by atoms with E-state index in [1.165, 1.54) is 14.0 Å². The summed E-state index contributed by atoms with van der Waals surface area (Å²) in [5, 5.41) is 26.3. The summed E-state index contributed by atoms with van der Waals surface area (Å²) in [7, 11) is 1.40. The molecule has 2 N–H and O–H groups in total. The molecule has 0 aromatic carbocycles. The zero-order chi connectivity index (χ0) is 16.3. The topological polar surface area (TPSA) is 127 Å². The number of amides is 1. The highest BCUT2D eigenvalue weighted by molar-refractivity contribution is 5.98. The van der Waals surface area contributed by atoms with E-state index in [-0.39, 0.29) is 23.7 Å². The van der Waals surface area contributed by atoms with Gasteiger partial charge in [0.15, 0.2) is 0 Å². The van der Waals surface area contributed by atoms with Crippen molar-refractivity contribution in [1.82, 2.24) is 15.1 Å². The first-order valence-corrected chi connectivity index (χ1v) is 6.36. The van der Waals surface area contributed by atoms with Gasteiger partial charge < -0.3 is 10.4 Å². The van der Waals surface area contributed by atoms with Crippen molar-refractivity contribution in [1.29, 1.82) is 0 Å². The zero-order valence-electron chi connectivity index (χ0n) is 12.3. The molecule has 116 valence electrons. The molecule has 0 spiro atoms. The molecule has 0 aliphatic carbocycles. The molecule has 0 saturated heterocycles. The quantitative estimate of drug-likeness (QED) is 0.592. The summed E-state index contributed by atoms with van der Waals surface area (Å²) in [6, 6.07) is -1.10. The zero-order valence-corrected chi connectivity index (χ0v) is 12.3. The Labute approximate surface area is 121 Å². The molecule has 0 aliphatic heterocycles. The van der Waals surface area contributed by atoms with Crippen LogP contribution in [0.1, 0.15) is 36.5 Å². The minimum atomic E-state index is -1.18. The number of hydrogen-bond acceptors (Lipinski definition) is 5. The second-order valence-electron chi connectivity index (χ2n) is 5.16. The first kappa shape index (κ1) is 16.6. The molecule has 1 heterocycles. The maximum atomic E-state index is 12.2. The molecule has 9 nitrogen and oxygen atoms in total. The highest BCUT2D eigenvalue weighted by Gasteiger charge is 2.31. The molecule has 0 fully saturated rings. The maximum Gasteiger partial charge on any atom is 0.326 e. The normalized spacial score (nSPS) is 12.2. The van der Waals surface area contributed by atoms with E-state index in [2.05, 4.69) is 10.4 Å². The van der Waals surface area contributed by atoms with Crippen LogP contribution < -0.4 is 5.32 Å². The van der Waals surface area contributed by atoms with Gasteiger partial charge in [-0.25, -0.2) is 4.79 Å². The highest BCUT2D eigenvalue weighted by Crippen LogP contribution is 2.22. The molecule has 0 aliphatic rings. The van der Waals surface area contributed by atoms with Crippen molar-refractivity contribution in [2.24, 2.45) is 13.0 Å². The van der Waals surface area contributed by atoms with Crippen LogP contribution in [0.2, 0.25) is 0 Å². The average Bonchev–Trinajstić information content (AvgIpc) is 2.62. The summed E-state index contributed by atoms with van der Waals surface area (Å²) in [6.45, 7) is 5.05. The van der Waals surface area contributed by atoms with Crippen molar-refractivity contribution in [3.8, 4) is 0 Å². The minimum absolute atomic E-state index is 0.0506. The Morgan fingerprint density at radius 1 is 1.48 bits per heavy atom. The fourth-order valence-corrected chi connectivity index (χ4v) is 2.04. The van der Waals surface area contributed by atoms with Gasteiger partial charge in [0.25, 0.3) is 5.91 Å². The van der Waals surface area contributed by atoms with Crippen molar-refractivity contribution >= 4 is 17.6 Å². The second-order valence-corrected chi connectivity index (χ2v) is 5.16. The summed E-state index contributed by atoms with van der Waals surface area (Å²) in [5.41, 5.74) is -0.570. The summed E-state index contributed by atoms with van der Waals surface area (Å²) < 4.78 is 1.08. The minimum Gasteiger partial charge on any atom is -0.480 e. The number of carbonyl (C=O) groups is 2. The van der Waals surface area contributed by atoms with E-state index in [4.69, 9.17) is 5.11 Å². The lowest BCUT2D eigenvalue weighted by Gasteiger charge is -2.16. The molecule has 0 saturated carbocycles. The van der Waals surface area contributed by atoms with Crippen LogP contribution >= 0.6 is 0 Å². The Morgan fingerprint density at radius 3 is 2.48 bits per heavy atom. The third-order valence-electron chi connectivity index (χ3n) is 2.90. The molecular formula is C12H18N4O5. The first-order valence-electron chi connectivity index (χ1n) is 6.36. The third-order valence-corrected chi connectivity index (χ3v) is 2.90. The molecular weight excluding hydrogens is 280 g/mol. The van der Waals surface area contributed by atoms with Crippen LogP contribution in [-0.4, -0.2) is 37.7 Å². The Balaban J connectivity index is 3.09. The van der Waals surface area contributed by atoms with Gasteiger partial charge in [-0.15, -0.1) is 0 Å². The van der Waals surface area contributed by atoms with Gasteiger partial charge in [-0.3, -0.25) is 19.6 Å². The van der Waals surface area contributed by atoms with E-state index in [0.717, 1.165) is 4.68 Å². The Hall–Kier alpha value is -2.45. The Kier molecular flexibility index (Phi) is 5.01. The van der Waals surface area contributed by atoms with Gasteiger partial charge >= 0.3 is 11.7 Å². The number of nitrogens with zero attached hydrogens (tertiary/aromatic N) is 3. The molecule has 9 heteroatoms. The van der Waals surface area contributed by atoms with Crippen molar-refractivity contribution in [2.75, 3.05) is 0 Å². The largest absolute Gasteiger partial charge is 0.480 e. The van der Waals surface area contributed by atoms with Crippen LogP contribution in [-0.2, 0) is 11.8 Å². The number of carboxylic acid groups (broad SMARTS) is 1. The monoisotopic (exact) mass is 298 g/mol. The van der Waals surface area contributed by atoms with Crippen LogP contribution in [0.3, 0.4) is 0 Å².